The van der Waals surface area contributed by atoms with Crippen molar-refractivity contribution in [3.05, 3.63) is 5.51 Å². The number of carbonyl (C=O) groups excluding carboxylic acids is 1. The number of amides is 2. The Bertz CT molecular complexity index is 414. The maximum atomic E-state index is 12.0. The second-order valence-electron chi connectivity index (χ2n) is 4.61. The van der Waals surface area contributed by atoms with Gasteiger partial charge in [0.05, 0.1) is 13.2 Å². The SMILES string of the molecule is O=C(Nc1nncs1)N1CCC(C2OCCO2)CC1. The highest BCUT2D eigenvalue weighted by Crippen LogP contribution is 2.26. The van der Waals surface area contributed by atoms with Crippen LogP contribution in [0.3, 0.4) is 0 Å². The standard InChI is InChI=1S/C11H16N4O3S/c16-11(13-10-14-12-7-19-10)15-3-1-8(2-4-15)9-17-5-6-18-9/h7-9H,1-6H2,(H,13,14,16). The molecular weight excluding hydrogens is 268 g/mol. The van der Waals surface area contributed by atoms with Crippen LogP contribution in [0.2, 0.25) is 0 Å². The van der Waals surface area contributed by atoms with Crippen molar-refractivity contribution in [3.63, 3.8) is 0 Å². The molecule has 7 nitrogen and oxygen atoms in total. The van der Waals surface area contributed by atoms with Gasteiger partial charge >= 0.3 is 6.03 Å². The fourth-order valence-electron chi connectivity index (χ4n) is 2.42. The van der Waals surface area contributed by atoms with E-state index in [1.54, 1.807) is 10.4 Å². The van der Waals surface area contributed by atoms with E-state index in [0.717, 1.165) is 25.9 Å². The molecule has 0 spiro atoms. The minimum Gasteiger partial charge on any atom is -0.350 e. The van der Waals surface area contributed by atoms with Crippen LogP contribution in [0, 0.1) is 5.92 Å². The van der Waals surface area contributed by atoms with Gasteiger partial charge < -0.3 is 14.4 Å². The average molecular weight is 284 g/mol. The summed E-state index contributed by atoms with van der Waals surface area (Å²) in [5.41, 5.74) is 1.59. The molecule has 0 aliphatic carbocycles. The van der Waals surface area contributed by atoms with Gasteiger partial charge in [-0.05, 0) is 12.8 Å². The number of carbonyl (C=O) groups is 1. The van der Waals surface area contributed by atoms with Gasteiger partial charge in [0.1, 0.15) is 5.51 Å². The third kappa shape index (κ3) is 3.02. The molecule has 2 aliphatic rings. The molecule has 2 aliphatic heterocycles. The first-order valence-corrected chi connectivity index (χ1v) is 7.26. The van der Waals surface area contributed by atoms with Gasteiger partial charge in [0.25, 0.3) is 0 Å². The molecule has 104 valence electrons. The Labute approximate surface area is 114 Å². The molecule has 1 N–H and O–H groups in total. The lowest BCUT2D eigenvalue weighted by Crippen LogP contribution is -2.43. The van der Waals surface area contributed by atoms with Crippen molar-refractivity contribution in [2.24, 2.45) is 5.92 Å². The van der Waals surface area contributed by atoms with E-state index < -0.39 is 0 Å². The van der Waals surface area contributed by atoms with Gasteiger partial charge in [-0.3, -0.25) is 5.32 Å². The lowest BCUT2D eigenvalue weighted by molar-refractivity contribution is -0.0950. The molecule has 0 aromatic carbocycles. The van der Waals surface area contributed by atoms with Gasteiger partial charge in [-0.25, -0.2) is 4.79 Å². The number of likely N-dealkylation sites (tertiary alicyclic amines) is 1. The van der Waals surface area contributed by atoms with E-state index >= 15 is 0 Å². The van der Waals surface area contributed by atoms with Gasteiger partial charge in [-0.15, -0.1) is 10.2 Å². The molecule has 1 aromatic heterocycles. The molecule has 0 bridgehead atoms. The fraction of sp³-hybridized carbons (Fsp3) is 0.727. The van der Waals surface area contributed by atoms with Crippen LogP contribution in [-0.4, -0.2) is 53.7 Å². The maximum Gasteiger partial charge on any atom is 0.323 e. The molecule has 3 rings (SSSR count). The molecule has 8 heteroatoms. The molecule has 19 heavy (non-hydrogen) atoms. The average Bonchev–Trinajstić information content (AvgIpc) is 3.12. The van der Waals surface area contributed by atoms with E-state index in [1.807, 2.05) is 0 Å². The van der Waals surface area contributed by atoms with Gasteiger partial charge in [-0.1, -0.05) is 11.3 Å². The lowest BCUT2D eigenvalue weighted by Gasteiger charge is -2.33. The van der Waals surface area contributed by atoms with E-state index in [9.17, 15) is 4.79 Å². The van der Waals surface area contributed by atoms with E-state index in [2.05, 4.69) is 15.5 Å². The Morgan fingerprint density at radius 3 is 2.74 bits per heavy atom. The predicted molar refractivity (Wildman–Crippen MR) is 68.9 cm³/mol. The number of urea groups is 1. The Morgan fingerprint density at radius 1 is 1.37 bits per heavy atom. The number of hydrogen-bond donors (Lipinski definition) is 1. The summed E-state index contributed by atoms with van der Waals surface area (Å²) in [6.07, 6.45) is 1.75. The summed E-state index contributed by atoms with van der Waals surface area (Å²) in [4.78, 5) is 13.8. The van der Waals surface area contributed by atoms with E-state index in [1.165, 1.54) is 11.3 Å². The third-order valence-corrected chi connectivity index (χ3v) is 4.04. The molecule has 2 fully saturated rings. The molecule has 3 heterocycles. The lowest BCUT2D eigenvalue weighted by atomic mass is 9.96. The minimum absolute atomic E-state index is 0.0756. The van der Waals surface area contributed by atoms with Gasteiger partial charge in [0.15, 0.2) is 6.29 Å². The van der Waals surface area contributed by atoms with Crippen LogP contribution < -0.4 is 5.32 Å². The zero-order valence-corrected chi connectivity index (χ0v) is 11.3. The van der Waals surface area contributed by atoms with Crippen LogP contribution in [0.4, 0.5) is 9.93 Å². The Hall–Kier alpha value is -1.25. The second-order valence-corrected chi connectivity index (χ2v) is 5.44. The summed E-state index contributed by atoms with van der Waals surface area (Å²) < 4.78 is 11.0. The molecule has 2 amide bonds. The molecule has 2 saturated heterocycles. The van der Waals surface area contributed by atoms with Crippen molar-refractivity contribution in [1.82, 2.24) is 15.1 Å². The maximum absolute atomic E-state index is 12.0. The van der Waals surface area contributed by atoms with Crippen molar-refractivity contribution >= 4 is 22.5 Å². The van der Waals surface area contributed by atoms with Crippen molar-refractivity contribution in [2.75, 3.05) is 31.6 Å². The molecule has 0 radical (unpaired) electrons. The Kier molecular flexibility index (Phi) is 3.90. The number of rotatable bonds is 2. The van der Waals surface area contributed by atoms with Gasteiger partial charge in [0.2, 0.25) is 5.13 Å². The van der Waals surface area contributed by atoms with Crippen molar-refractivity contribution in [3.8, 4) is 0 Å². The number of hydrogen-bond acceptors (Lipinski definition) is 6. The van der Waals surface area contributed by atoms with Gasteiger partial charge in [0, 0.05) is 19.0 Å². The Balaban J connectivity index is 1.48. The minimum atomic E-state index is -0.108. The molecule has 0 saturated carbocycles. The number of piperidine rings is 1. The number of nitrogens with one attached hydrogen (secondary N) is 1. The van der Waals surface area contributed by atoms with E-state index in [4.69, 9.17) is 9.47 Å². The number of aromatic nitrogens is 2. The highest BCUT2D eigenvalue weighted by Gasteiger charge is 2.31. The number of nitrogens with zero attached hydrogens (tertiary/aromatic N) is 3. The third-order valence-electron chi connectivity index (χ3n) is 3.43. The topological polar surface area (TPSA) is 76.6 Å². The number of anilines is 1. The molecule has 0 atom stereocenters. The molecule has 1 aromatic rings. The highest BCUT2D eigenvalue weighted by atomic mass is 32.1. The first-order chi connectivity index (χ1) is 9.33. The summed E-state index contributed by atoms with van der Waals surface area (Å²) in [5, 5.41) is 10.8. The molecule has 0 unspecified atom stereocenters. The molecular formula is C11H16N4O3S. The van der Waals surface area contributed by atoms with Crippen LogP contribution in [0.5, 0.6) is 0 Å². The zero-order chi connectivity index (χ0) is 13.1. The van der Waals surface area contributed by atoms with Crippen molar-refractivity contribution in [2.45, 2.75) is 19.1 Å². The van der Waals surface area contributed by atoms with Gasteiger partial charge in [-0.2, -0.15) is 0 Å². The zero-order valence-electron chi connectivity index (χ0n) is 10.4. The normalized spacial score (nSPS) is 21.8. The van der Waals surface area contributed by atoms with Crippen molar-refractivity contribution in [1.29, 1.82) is 0 Å². The van der Waals surface area contributed by atoms with Crippen LogP contribution >= 0.6 is 11.3 Å². The smallest absolute Gasteiger partial charge is 0.323 e. The van der Waals surface area contributed by atoms with Crippen LogP contribution in [0.1, 0.15) is 12.8 Å². The summed E-state index contributed by atoms with van der Waals surface area (Å²) in [5.74, 6) is 0.396. The quantitative estimate of drug-likeness (QED) is 0.881. The first kappa shape index (κ1) is 12.8. The summed E-state index contributed by atoms with van der Waals surface area (Å²) >= 11 is 1.32. The van der Waals surface area contributed by atoms with Crippen LogP contribution in [0.25, 0.3) is 0 Å². The summed E-state index contributed by atoms with van der Waals surface area (Å²) in [6, 6.07) is -0.108. The first-order valence-electron chi connectivity index (χ1n) is 6.38. The largest absolute Gasteiger partial charge is 0.350 e. The van der Waals surface area contributed by atoms with E-state index in [-0.39, 0.29) is 12.3 Å². The summed E-state index contributed by atoms with van der Waals surface area (Å²) in [7, 11) is 0. The van der Waals surface area contributed by atoms with E-state index in [0.29, 0.717) is 24.3 Å². The Morgan fingerprint density at radius 2 is 2.11 bits per heavy atom. The highest BCUT2D eigenvalue weighted by molar-refractivity contribution is 7.13. The monoisotopic (exact) mass is 284 g/mol. The fourth-order valence-corrected chi connectivity index (χ4v) is 2.86. The van der Waals surface area contributed by atoms with Crippen molar-refractivity contribution < 1.29 is 14.3 Å². The summed E-state index contributed by atoms with van der Waals surface area (Å²) in [6.45, 7) is 2.81. The number of ether oxygens (including phenoxy) is 2. The van der Waals surface area contributed by atoms with Crippen LogP contribution in [0.15, 0.2) is 5.51 Å². The predicted octanol–water partition coefficient (Wildman–Crippen LogP) is 1.15. The van der Waals surface area contributed by atoms with Crippen LogP contribution in [-0.2, 0) is 9.47 Å². The second kappa shape index (κ2) is 5.81.